The van der Waals surface area contributed by atoms with Gasteiger partial charge in [-0.15, -0.1) is 0 Å². The summed E-state index contributed by atoms with van der Waals surface area (Å²) in [5, 5.41) is 6.62. The van der Waals surface area contributed by atoms with Gasteiger partial charge in [0.25, 0.3) is 5.91 Å². The normalized spacial score (nSPS) is 10.2. The number of nitrogens with one attached hydrogen (secondary N) is 2. The van der Waals surface area contributed by atoms with E-state index in [-0.39, 0.29) is 5.91 Å². The van der Waals surface area contributed by atoms with Crippen molar-refractivity contribution in [3.63, 3.8) is 0 Å². The third-order valence-electron chi connectivity index (χ3n) is 2.82. The molecule has 1 amide bonds. The Bertz CT molecular complexity index is 601. The van der Waals surface area contributed by atoms with Crippen molar-refractivity contribution in [3.05, 3.63) is 52.9 Å². The number of halogens is 1. The van der Waals surface area contributed by atoms with Gasteiger partial charge in [-0.05, 0) is 24.1 Å². The van der Waals surface area contributed by atoms with Crippen LogP contribution in [0.1, 0.15) is 29.4 Å². The van der Waals surface area contributed by atoms with Crippen LogP contribution in [0.5, 0.6) is 0 Å². The fourth-order valence-corrected chi connectivity index (χ4v) is 1.83. The monoisotopic (exact) mass is 304 g/mol. The van der Waals surface area contributed by atoms with Crippen LogP contribution >= 0.6 is 11.6 Å². The number of hydrogen-bond donors (Lipinski definition) is 2. The molecule has 0 bridgehead atoms. The van der Waals surface area contributed by atoms with Gasteiger partial charge in [0.1, 0.15) is 17.8 Å². The minimum absolute atomic E-state index is 0.230. The first kappa shape index (κ1) is 15.3. The Labute approximate surface area is 128 Å². The molecule has 0 atom stereocenters. The molecule has 21 heavy (non-hydrogen) atoms. The van der Waals surface area contributed by atoms with Crippen LogP contribution < -0.4 is 10.6 Å². The first-order valence-electron chi connectivity index (χ1n) is 6.77. The molecule has 110 valence electrons. The third-order valence-corrected chi connectivity index (χ3v) is 3.07. The molecule has 5 nitrogen and oxygen atoms in total. The van der Waals surface area contributed by atoms with Gasteiger partial charge in [0.05, 0.1) is 0 Å². The molecule has 0 unspecified atom stereocenters. The van der Waals surface area contributed by atoms with Crippen LogP contribution in [0.25, 0.3) is 0 Å². The zero-order valence-electron chi connectivity index (χ0n) is 11.8. The summed E-state index contributed by atoms with van der Waals surface area (Å²) in [6.07, 6.45) is 2.37. The molecule has 1 heterocycles. The average molecular weight is 305 g/mol. The molecule has 2 N–H and O–H groups in total. The van der Waals surface area contributed by atoms with E-state index in [9.17, 15) is 4.79 Å². The molecule has 0 aliphatic rings. The fourth-order valence-electron chi connectivity index (χ4n) is 1.71. The summed E-state index contributed by atoms with van der Waals surface area (Å²) in [6, 6.07) is 8.97. The van der Waals surface area contributed by atoms with Gasteiger partial charge in [0, 0.05) is 24.2 Å². The van der Waals surface area contributed by atoms with E-state index in [1.54, 1.807) is 18.2 Å². The first-order chi connectivity index (χ1) is 10.2. The Kier molecular flexibility index (Phi) is 5.51. The highest BCUT2D eigenvalue weighted by Gasteiger charge is 2.08. The molecular formula is C15H17ClN4O. The predicted octanol–water partition coefficient (Wildman–Crippen LogP) is 2.88. The number of nitrogens with zero attached hydrogens (tertiary/aromatic N) is 2. The lowest BCUT2D eigenvalue weighted by molar-refractivity contribution is 0.0946. The van der Waals surface area contributed by atoms with E-state index in [1.807, 2.05) is 12.1 Å². The van der Waals surface area contributed by atoms with Crippen molar-refractivity contribution >= 4 is 23.3 Å². The minimum Gasteiger partial charge on any atom is -0.370 e. The molecule has 2 rings (SSSR count). The Balaban J connectivity index is 1.95. The summed E-state index contributed by atoms with van der Waals surface area (Å²) in [6.45, 7) is 3.30. The number of amides is 1. The van der Waals surface area contributed by atoms with Crippen LogP contribution in [0.2, 0.25) is 5.02 Å². The van der Waals surface area contributed by atoms with Gasteiger partial charge in [0.15, 0.2) is 0 Å². The van der Waals surface area contributed by atoms with Crippen LogP contribution in [0, 0.1) is 0 Å². The molecule has 1 aromatic carbocycles. The molecule has 0 aliphatic carbocycles. The van der Waals surface area contributed by atoms with E-state index in [4.69, 9.17) is 11.6 Å². The van der Waals surface area contributed by atoms with Crippen molar-refractivity contribution in [2.75, 3.05) is 11.9 Å². The summed E-state index contributed by atoms with van der Waals surface area (Å²) in [7, 11) is 0. The summed E-state index contributed by atoms with van der Waals surface area (Å²) >= 11 is 5.82. The van der Waals surface area contributed by atoms with Gasteiger partial charge >= 0.3 is 0 Å². The van der Waals surface area contributed by atoms with E-state index in [1.165, 1.54) is 6.33 Å². The lowest BCUT2D eigenvalue weighted by Gasteiger charge is -2.07. The van der Waals surface area contributed by atoms with Crippen LogP contribution in [-0.2, 0) is 6.54 Å². The number of aromatic nitrogens is 2. The van der Waals surface area contributed by atoms with E-state index >= 15 is 0 Å². The quantitative estimate of drug-likeness (QED) is 0.861. The largest absolute Gasteiger partial charge is 0.370 e. The highest BCUT2D eigenvalue weighted by Crippen LogP contribution is 2.09. The van der Waals surface area contributed by atoms with Crippen molar-refractivity contribution in [1.29, 1.82) is 0 Å². The molecule has 0 spiro atoms. The Hall–Kier alpha value is -2.14. The standard InChI is InChI=1S/C15H17ClN4O/c1-2-7-17-14-8-13(19-10-20-14)15(21)18-9-11-3-5-12(16)6-4-11/h3-6,8,10H,2,7,9H2,1H3,(H,18,21)(H,17,19,20). The minimum atomic E-state index is -0.230. The molecule has 2 aromatic rings. The van der Waals surface area contributed by atoms with Crippen LogP contribution in [-0.4, -0.2) is 22.4 Å². The predicted molar refractivity (Wildman–Crippen MR) is 83.4 cm³/mol. The fraction of sp³-hybridized carbons (Fsp3) is 0.267. The second-order valence-electron chi connectivity index (χ2n) is 4.52. The van der Waals surface area contributed by atoms with Crippen molar-refractivity contribution in [1.82, 2.24) is 15.3 Å². The van der Waals surface area contributed by atoms with Crippen molar-refractivity contribution in [2.45, 2.75) is 19.9 Å². The SMILES string of the molecule is CCCNc1cc(C(=O)NCc2ccc(Cl)cc2)ncn1. The highest BCUT2D eigenvalue weighted by atomic mass is 35.5. The summed E-state index contributed by atoms with van der Waals surface area (Å²) in [5.74, 6) is 0.426. The maximum atomic E-state index is 12.1. The van der Waals surface area contributed by atoms with Gasteiger partial charge in [-0.3, -0.25) is 4.79 Å². The Morgan fingerprint density at radius 3 is 2.71 bits per heavy atom. The van der Waals surface area contributed by atoms with E-state index in [0.29, 0.717) is 23.1 Å². The Morgan fingerprint density at radius 2 is 2.00 bits per heavy atom. The van der Waals surface area contributed by atoms with Gasteiger partial charge in [0.2, 0.25) is 0 Å². The molecular weight excluding hydrogens is 288 g/mol. The molecule has 0 radical (unpaired) electrons. The summed E-state index contributed by atoms with van der Waals surface area (Å²) in [5.41, 5.74) is 1.32. The third kappa shape index (κ3) is 4.72. The van der Waals surface area contributed by atoms with Crippen LogP contribution in [0.3, 0.4) is 0 Å². The Morgan fingerprint density at radius 1 is 1.24 bits per heavy atom. The number of carbonyl (C=O) groups is 1. The summed E-state index contributed by atoms with van der Waals surface area (Å²) < 4.78 is 0. The molecule has 0 saturated carbocycles. The van der Waals surface area contributed by atoms with Gasteiger partial charge < -0.3 is 10.6 Å². The number of carbonyl (C=O) groups excluding carboxylic acids is 1. The van der Waals surface area contributed by atoms with E-state index in [2.05, 4.69) is 27.5 Å². The van der Waals surface area contributed by atoms with Gasteiger partial charge in [-0.1, -0.05) is 30.7 Å². The number of rotatable bonds is 6. The smallest absolute Gasteiger partial charge is 0.270 e. The molecule has 0 fully saturated rings. The number of benzene rings is 1. The van der Waals surface area contributed by atoms with Crippen molar-refractivity contribution in [3.8, 4) is 0 Å². The number of hydrogen-bond acceptors (Lipinski definition) is 4. The van der Waals surface area contributed by atoms with Crippen LogP contribution in [0.4, 0.5) is 5.82 Å². The molecule has 0 aliphatic heterocycles. The van der Waals surface area contributed by atoms with Crippen molar-refractivity contribution in [2.24, 2.45) is 0 Å². The number of anilines is 1. The zero-order valence-corrected chi connectivity index (χ0v) is 12.5. The van der Waals surface area contributed by atoms with Gasteiger partial charge in [-0.2, -0.15) is 0 Å². The maximum absolute atomic E-state index is 12.1. The maximum Gasteiger partial charge on any atom is 0.270 e. The lowest BCUT2D eigenvalue weighted by Crippen LogP contribution is -2.24. The topological polar surface area (TPSA) is 66.9 Å². The van der Waals surface area contributed by atoms with Crippen molar-refractivity contribution < 1.29 is 4.79 Å². The second-order valence-corrected chi connectivity index (χ2v) is 4.96. The van der Waals surface area contributed by atoms with Crippen LogP contribution in [0.15, 0.2) is 36.7 Å². The summed E-state index contributed by atoms with van der Waals surface area (Å²) in [4.78, 5) is 20.1. The van der Waals surface area contributed by atoms with Gasteiger partial charge in [-0.25, -0.2) is 9.97 Å². The lowest BCUT2D eigenvalue weighted by atomic mass is 10.2. The molecule has 1 aromatic heterocycles. The molecule has 0 saturated heterocycles. The first-order valence-corrected chi connectivity index (χ1v) is 7.15. The molecule has 6 heteroatoms. The highest BCUT2D eigenvalue weighted by molar-refractivity contribution is 6.30. The van der Waals surface area contributed by atoms with E-state index < -0.39 is 0 Å². The van der Waals surface area contributed by atoms with E-state index in [0.717, 1.165) is 18.5 Å². The average Bonchev–Trinajstić information content (AvgIpc) is 2.52. The second kappa shape index (κ2) is 7.59. The zero-order chi connectivity index (χ0) is 15.1.